The fourth-order valence-corrected chi connectivity index (χ4v) is 2.57. The SMILES string of the molecule is CCc1nsc(SCC(C)(O)CC)n1. The molecular formula is C9H16N2OS2. The summed E-state index contributed by atoms with van der Waals surface area (Å²) in [6.07, 6.45) is 1.64. The molecule has 0 saturated heterocycles. The highest BCUT2D eigenvalue weighted by atomic mass is 32.2. The van der Waals surface area contributed by atoms with E-state index in [-0.39, 0.29) is 0 Å². The highest BCUT2D eigenvalue weighted by molar-refractivity contribution is 8.01. The Balaban J connectivity index is 2.45. The van der Waals surface area contributed by atoms with Crippen LogP contribution in [0.5, 0.6) is 0 Å². The summed E-state index contributed by atoms with van der Waals surface area (Å²) in [5.74, 6) is 1.58. The maximum absolute atomic E-state index is 9.78. The summed E-state index contributed by atoms with van der Waals surface area (Å²) in [7, 11) is 0. The maximum Gasteiger partial charge on any atom is 0.170 e. The van der Waals surface area contributed by atoms with Crippen LogP contribution in [0.1, 0.15) is 33.0 Å². The fourth-order valence-electron chi connectivity index (χ4n) is 0.759. The van der Waals surface area contributed by atoms with Crippen LogP contribution < -0.4 is 0 Å². The van der Waals surface area contributed by atoms with Crippen LogP contribution in [0.3, 0.4) is 0 Å². The number of nitrogens with zero attached hydrogens (tertiary/aromatic N) is 2. The van der Waals surface area contributed by atoms with Crippen molar-refractivity contribution in [2.45, 2.75) is 43.6 Å². The molecule has 0 amide bonds. The van der Waals surface area contributed by atoms with Crippen LogP contribution in [0.4, 0.5) is 0 Å². The van der Waals surface area contributed by atoms with Crippen molar-refractivity contribution in [2.75, 3.05) is 5.75 Å². The monoisotopic (exact) mass is 232 g/mol. The Kier molecular flexibility index (Phi) is 4.34. The Morgan fingerprint density at radius 2 is 2.21 bits per heavy atom. The molecule has 1 aromatic heterocycles. The molecule has 1 atom stereocenters. The molecular weight excluding hydrogens is 216 g/mol. The predicted molar refractivity (Wildman–Crippen MR) is 60.9 cm³/mol. The van der Waals surface area contributed by atoms with Crippen LogP contribution in [0, 0.1) is 0 Å². The molecule has 80 valence electrons. The largest absolute Gasteiger partial charge is 0.389 e. The van der Waals surface area contributed by atoms with Gasteiger partial charge in [0.15, 0.2) is 4.34 Å². The molecule has 0 spiro atoms. The second-order valence-corrected chi connectivity index (χ2v) is 5.44. The van der Waals surface area contributed by atoms with Gasteiger partial charge in [0.05, 0.1) is 5.60 Å². The number of thioether (sulfide) groups is 1. The van der Waals surface area contributed by atoms with E-state index in [1.165, 1.54) is 11.5 Å². The average Bonchev–Trinajstić information content (AvgIpc) is 2.63. The summed E-state index contributed by atoms with van der Waals surface area (Å²) >= 11 is 3.00. The number of hydrogen-bond acceptors (Lipinski definition) is 5. The van der Waals surface area contributed by atoms with Gasteiger partial charge in [-0.3, -0.25) is 0 Å². The number of hydrogen-bond donors (Lipinski definition) is 1. The van der Waals surface area contributed by atoms with Crippen molar-refractivity contribution < 1.29 is 5.11 Å². The lowest BCUT2D eigenvalue weighted by Gasteiger charge is -2.19. The van der Waals surface area contributed by atoms with Gasteiger partial charge < -0.3 is 5.11 Å². The first-order valence-electron chi connectivity index (χ1n) is 4.75. The van der Waals surface area contributed by atoms with E-state index >= 15 is 0 Å². The first-order valence-corrected chi connectivity index (χ1v) is 6.51. The summed E-state index contributed by atoms with van der Waals surface area (Å²) in [6.45, 7) is 5.87. The zero-order valence-corrected chi connectivity index (χ0v) is 10.4. The zero-order chi connectivity index (χ0) is 10.6. The predicted octanol–water partition coefficient (Wildman–Crippen LogP) is 2.35. The van der Waals surface area contributed by atoms with Crippen molar-refractivity contribution in [3.63, 3.8) is 0 Å². The van der Waals surface area contributed by atoms with Crippen molar-refractivity contribution in [2.24, 2.45) is 0 Å². The standard InChI is InChI=1S/C9H16N2OS2/c1-4-7-10-8(14-11-7)13-6-9(3,12)5-2/h12H,4-6H2,1-3H3. The molecule has 5 heteroatoms. The van der Waals surface area contributed by atoms with E-state index in [9.17, 15) is 5.11 Å². The van der Waals surface area contributed by atoms with Crippen molar-refractivity contribution in [3.05, 3.63) is 5.82 Å². The molecule has 0 aliphatic carbocycles. The highest BCUT2D eigenvalue weighted by Gasteiger charge is 2.18. The first kappa shape index (κ1) is 11.9. The number of rotatable bonds is 5. The van der Waals surface area contributed by atoms with Crippen LogP contribution in [-0.2, 0) is 6.42 Å². The zero-order valence-electron chi connectivity index (χ0n) is 8.78. The summed E-state index contributed by atoms with van der Waals surface area (Å²) in [6, 6.07) is 0. The van der Waals surface area contributed by atoms with Gasteiger partial charge in [-0.15, -0.1) is 0 Å². The van der Waals surface area contributed by atoms with Gasteiger partial charge in [0.1, 0.15) is 5.82 Å². The Labute approximate surface area is 93.1 Å². The molecule has 3 nitrogen and oxygen atoms in total. The van der Waals surface area contributed by atoms with E-state index in [0.717, 1.165) is 23.0 Å². The third-order valence-corrected chi connectivity index (χ3v) is 4.27. The van der Waals surface area contributed by atoms with Crippen LogP contribution >= 0.6 is 23.3 Å². The Morgan fingerprint density at radius 3 is 2.71 bits per heavy atom. The molecule has 1 N–H and O–H groups in total. The van der Waals surface area contributed by atoms with E-state index in [4.69, 9.17) is 0 Å². The molecule has 14 heavy (non-hydrogen) atoms. The molecule has 1 unspecified atom stereocenters. The quantitative estimate of drug-likeness (QED) is 0.792. The molecule has 0 aromatic carbocycles. The van der Waals surface area contributed by atoms with E-state index in [0.29, 0.717) is 5.75 Å². The highest BCUT2D eigenvalue weighted by Crippen LogP contribution is 2.25. The lowest BCUT2D eigenvalue weighted by molar-refractivity contribution is 0.0816. The molecule has 0 saturated carbocycles. The number of aliphatic hydroxyl groups is 1. The van der Waals surface area contributed by atoms with Gasteiger partial charge in [0.2, 0.25) is 0 Å². The van der Waals surface area contributed by atoms with E-state index < -0.39 is 5.60 Å². The molecule has 0 bridgehead atoms. The van der Waals surface area contributed by atoms with Crippen LogP contribution in [0.2, 0.25) is 0 Å². The second kappa shape index (κ2) is 5.09. The fraction of sp³-hybridized carbons (Fsp3) is 0.778. The normalized spacial score (nSPS) is 15.4. The molecule has 1 heterocycles. The topological polar surface area (TPSA) is 46.0 Å². The van der Waals surface area contributed by atoms with Crippen LogP contribution in [-0.4, -0.2) is 25.8 Å². The van der Waals surface area contributed by atoms with Crippen LogP contribution in [0.25, 0.3) is 0 Å². The van der Waals surface area contributed by atoms with Gasteiger partial charge in [-0.2, -0.15) is 4.37 Å². The molecule has 0 aliphatic rings. The van der Waals surface area contributed by atoms with E-state index in [2.05, 4.69) is 9.36 Å². The lowest BCUT2D eigenvalue weighted by Crippen LogP contribution is -2.25. The molecule has 0 aliphatic heterocycles. The van der Waals surface area contributed by atoms with Gasteiger partial charge >= 0.3 is 0 Å². The maximum atomic E-state index is 9.78. The van der Waals surface area contributed by atoms with Gasteiger partial charge in [-0.05, 0) is 24.9 Å². The van der Waals surface area contributed by atoms with Crippen molar-refractivity contribution >= 4 is 23.3 Å². The minimum Gasteiger partial charge on any atom is -0.389 e. The summed E-state index contributed by atoms with van der Waals surface area (Å²) in [5.41, 5.74) is -0.595. The lowest BCUT2D eigenvalue weighted by atomic mass is 10.1. The Hall–Kier alpha value is -0.130. The second-order valence-electron chi connectivity index (χ2n) is 3.47. The summed E-state index contributed by atoms with van der Waals surface area (Å²) in [5, 5.41) is 9.78. The Bertz CT molecular complexity index is 286. The summed E-state index contributed by atoms with van der Waals surface area (Å²) < 4.78 is 5.14. The molecule has 1 aromatic rings. The van der Waals surface area contributed by atoms with E-state index in [1.54, 1.807) is 11.8 Å². The minimum absolute atomic E-state index is 0.595. The van der Waals surface area contributed by atoms with E-state index in [1.807, 2.05) is 20.8 Å². The average molecular weight is 232 g/mol. The minimum atomic E-state index is -0.595. The van der Waals surface area contributed by atoms with Gasteiger partial charge in [-0.25, -0.2) is 4.98 Å². The third kappa shape index (κ3) is 3.55. The van der Waals surface area contributed by atoms with Crippen molar-refractivity contribution in [3.8, 4) is 0 Å². The Morgan fingerprint density at radius 1 is 1.50 bits per heavy atom. The van der Waals surface area contributed by atoms with Gasteiger partial charge in [-0.1, -0.05) is 25.6 Å². The van der Waals surface area contributed by atoms with Crippen molar-refractivity contribution in [1.29, 1.82) is 0 Å². The van der Waals surface area contributed by atoms with Gasteiger partial charge in [0.25, 0.3) is 0 Å². The molecule has 0 radical (unpaired) electrons. The van der Waals surface area contributed by atoms with Crippen LogP contribution in [0.15, 0.2) is 4.34 Å². The third-order valence-electron chi connectivity index (χ3n) is 2.03. The summed E-state index contributed by atoms with van der Waals surface area (Å²) in [4.78, 5) is 4.33. The molecule has 1 rings (SSSR count). The first-order chi connectivity index (χ1) is 6.57. The van der Waals surface area contributed by atoms with Gasteiger partial charge in [0, 0.05) is 12.2 Å². The van der Waals surface area contributed by atoms with Crippen molar-refractivity contribution in [1.82, 2.24) is 9.36 Å². The smallest absolute Gasteiger partial charge is 0.170 e. The molecule has 0 fully saturated rings. The number of aromatic nitrogens is 2. The number of aryl methyl sites for hydroxylation is 1.